The lowest BCUT2D eigenvalue weighted by atomic mass is 9.90. The Balaban J connectivity index is 1.76. The van der Waals surface area contributed by atoms with Gasteiger partial charge >= 0.3 is 5.97 Å². The number of aliphatic carboxylic acids is 1. The SMILES string of the molecule is COc1ccc2c(c1)CCC1(CCN(C(C)C(=O)O)C1)O2. The fraction of sp³-hybridized carbons (Fsp3) is 0.562. The Morgan fingerprint density at radius 1 is 1.48 bits per heavy atom. The minimum atomic E-state index is -0.770. The van der Waals surface area contributed by atoms with E-state index in [1.807, 2.05) is 23.1 Å². The highest BCUT2D eigenvalue weighted by Gasteiger charge is 2.44. The number of carboxylic acid groups (broad SMARTS) is 1. The van der Waals surface area contributed by atoms with Gasteiger partial charge in [-0.05, 0) is 43.5 Å². The summed E-state index contributed by atoms with van der Waals surface area (Å²) in [6.45, 7) is 3.20. The molecule has 0 aliphatic carbocycles. The predicted molar refractivity (Wildman–Crippen MR) is 78.0 cm³/mol. The lowest BCUT2D eigenvalue weighted by molar-refractivity contribution is -0.142. The Morgan fingerprint density at radius 3 is 3.00 bits per heavy atom. The molecule has 1 spiro atoms. The number of rotatable bonds is 3. The lowest BCUT2D eigenvalue weighted by Crippen LogP contribution is -2.45. The van der Waals surface area contributed by atoms with Crippen LogP contribution in [0.4, 0.5) is 0 Å². The molecule has 2 unspecified atom stereocenters. The molecule has 1 aromatic carbocycles. The number of nitrogens with zero attached hydrogens (tertiary/aromatic N) is 1. The van der Waals surface area contributed by atoms with Crippen molar-refractivity contribution in [3.05, 3.63) is 23.8 Å². The van der Waals surface area contributed by atoms with E-state index in [0.717, 1.165) is 37.3 Å². The zero-order valence-corrected chi connectivity index (χ0v) is 12.5. The van der Waals surface area contributed by atoms with E-state index < -0.39 is 12.0 Å². The second-order valence-electron chi connectivity index (χ2n) is 5.99. The molecule has 5 nitrogen and oxygen atoms in total. The zero-order chi connectivity index (χ0) is 15.0. The molecular weight excluding hydrogens is 270 g/mol. The molecular formula is C16H21NO4. The van der Waals surface area contributed by atoms with Gasteiger partial charge in [-0.2, -0.15) is 0 Å². The van der Waals surface area contributed by atoms with Crippen LogP contribution in [-0.2, 0) is 11.2 Å². The monoisotopic (exact) mass is 291 g/mol. The molecule has 1 fully saturated rings. The van der Waals surface area contributed by atoms with Crippen molar-refractivity contribution in [3.63, 3.8) is 0 Å². The largest absolute Gasteiger partial charge is 0.497 e. The summed E-state index contributed by atoms with van der Waals surface area (Å²) in [6, 6.07) is 5.43. The maximum absolute atomic E-state index is 11.1. The third kappa shape index (κ3) is 2.58. The predicted octanol–water partition coefficient (Wildman–Crippen LogP) is 1.94. The topological polar surface area (TPSA) is 59.0 Å². The number of carbonyl (C=O) groups is 1. The van der Waals surface area contributed by atoms with E-state index in [2.05, 4.69) is 0 Å². The molecule has 0 bridgehead atoms. The van der Waals surface area contributed by atoms with Gasteiger partial charge in [0.05, 0.1) is 7.11 Å². The van der Waals surface area contributed by atoms with Crippen molar-refractivity contribution in [2.45, 2.75) is 37.8 Å². The number of hydrogen-bond donors (Lipinski definition) is 1. The summed E-state index contributed by atoms with van der Waals surface area (Å²) in [6.07, 6.45) is 2.76. The zero-order valence-electron chi connectivity index (χ0n) is 12.5. The van der Waals surface area contributed by atoms with Gasteiger partial charge in [0.2, 0.25) is 0 Å². The van der Waals surface area contributed by atoms with Gasteiger partial charge in [0.25, 0.3) is 0 Å². The molecule has 3 rings (SSSR count). The molecule has 5 heteroatoms. The molecule has 2 aliphatic heterocycles. The van der Waals surface area contributed by atoms with Crippen LogP contribution >= 0.6 is 0 Å². The molecule has 2 atom stereocenters. The van der Waals surface area contributed by atoms with Crippen LogP contribution in [0.5, 0.6) is 11.5 Å². The van der Waals surface area contributed by atoms with Crippen LogP contribution in [0.1, 0.15) is 25.3 Å². The van der Waals surface area contributed by atoms with Gasteiger partial charge < -0.3 is 14.6 Å². The van der Waals surface area contributed by atoms with E-state index in [4.69, 9.17) is 14.6 Å². The Bertz CT molecular complexity index is 559. The van der Waals surface area contributed by atoms with Crippen molar-refractivity contribution < 1.29 is 19.4 Å². The maximum atomic E-state index is 11.1. The number of aryl methyl sites for hydroxylation is 1. The molecule has 2 aliphatic rings. The molecule has 2 heterocycles. The van der Waals surface area contributed by atoms with Crippen molar-refractivity contribution in [2.24, 2.45) is 0 Å². The Labute approximate surface area is 124 Å². The highest BCUT2D eigenvalue weighted by atomic mass is 16.5. The first-order valence-corrected chi connectivity index (χ1v) is 7.36. The van der Waals surface area contributed by atoms with E-state index in [1.165, 1.54) is 5.56 Å². The summed E-state index contributed by atoms with van der Waals surface area (Å²) < 4.78 is 11.5. The highest BCUT2D eigenvalue weighted by Crippen LogP contribution is 2.40. The first-order chi connectivity index (χ1) is 10.0. The van der Waals surface area contributed by atoms with Crippen LogP contribution in [-0.4, -0.2) is 47.8 Å². The Hall–Kier alpha value is -1.75. The first-order valence-electron chi connectivity index (χ1n) is 7.36. The van der Waals surface area contributed by atoms with Crippen molar-refractivity contribution in [3.8, 4) is 11.5 Å². The number of hydrogen-bond acceptors (Lipinski definition) is 4. The number of carboxylic acids is 1. The minimum Gasteiger partial charge on any atom is -0.497 e. The fourth-order valence-corrected chi connectivity index (χ4v) is 3.27. The number of benzene rings is 1. The van der Waals surface area contributed by atoms with E-state index in [0.29, 0.717) is 6.54 Å². The van der Waals surface area contributed by atoms with Crippen molar-refractivity contribution in [2.75, 3.05) is 20.2 Å². The number of ether oxygens (including phenoxy) is 2. The van der Waals surface area contributed by atoms with Gasteiger partial charge in [0, 0.05) is 19.5 Å². The summed E-state index contributed by atoms with van der Waals surface area (Å²) in [5, 5.41) is 9.15. The smallest absolute Gasteiger partial charge is 0.320 e. The number of methoxy groups -OCH3 is 1. The molecule has 114 valence electrons. The van der Waals surface area contributed by atoms with E-state index in [-0.39, 0.29) is 5.60 Å². The molecule has 0 amide bonds. The molecule has 1 saturated heterocycles. The van der Waals surface area contributed by atoms with Crippen LogP contribution in [0.15, 0.2) is 18.2 Å². The van der Waals surface area contributed by atoms with Crippen molar-refractivity contribution in [1.82, 2.24) is 4.90 Å². The van der Waals surface area contributed by atoms with E-state index >= 15 is 0 Å². The number of fused-ring (bicyclic) bond motifs is 1. The molecule has 1 N–H and O–H groups in total. The van der Waals surface area contributed by atoms with E-state index in [1.54, 1.807) is 14.0 Å². The summed E-state index contributed by atoms with van der Waals surface area (Å²) >= 11 is 0. The van der Waals surface area contributed by atoms with Crippen LogP contribution in [0.3, 0.4) is 0 Å². The third-order valence-electron chi connectivity index (χ3n) is 4.70. The number of likely N-dealkylation sites (tertiary alicyclic amines) is 1. The molecule has 0 radical (unpaired) electrons. The summed E-state index contributed by atoms with van der Waals surface area (Å²) in [7, 11) is 1.66. The lowest BCUT2D eigenvalue weighted by Gasteiger charge is -2.36. The normalized spacial score (nSPS) is 26.2. The summed E-state index contributed by atoms with van der Waals surface area (Å²) in [5.74, 6) is 0.987. The van der Waals surface area contributed by atoms with Crippen LogP contribution in [0.25, 0.3) is 0 Å². The van der Waals surface area contributed by atoms with Crippen LogP contribution in [0.2, 0.25) is 0 Å². The Morgan fingerprint density at radius 2 is 2.29 bits per heavy atom. The van der Waals surface area contributed by atoms with Gasteiger partial charge in [-0.15, -0.1) is 0 Å². The second-order valence-corrected chi connectivity index (χ2v) is 5.99. The van der Waals surface area contributed by atoms with Gasteiger partial charge in [-0.3, -0.25) is 9.69 Å². The van der Waals surface area contributed by atoms with Crippen LogP contribution < -0.4 is 9.47 Å². The highest BCUT2D eigenvalue weighted by molar-refractivity contribution is 5.73. The molecule has 0 saturated carbocycles. The van der Waals surface area contributed by atoms with Crippen molar-refractivity contribution >= 4 is 5.97 Å². The van der Waals surface area contributed by atoms with Gasteiger partial charge in [0.15, 0.2) is 0 Å². The molecule has 1 aromatic rings. The quantitative estimate of drug-likeness (QED) is 0.922. The standard InChI is InChI=1S/C16H21NO4/c1-11(15(18)19)17-8-7-16(10-17)6-5-12-9-13(20-2)3-4-14(12)21-16/h3-4,9,11H,5-8,10H2,1-2H3,(H,18,19). The Kier molecular flexibility index (Phi) is 3.53. The van der Waals surface area contributed by atoms with Gasteiger partial charge in [0.1, 0.15) is 23.1 Å². The van der Waals surface area contributed by atoms with Crippen molar-refractivity contribution in [1.29, 1.82) is 0 Å². The average Bonchev–Trinajstić information content (AvgIpc) is 2.89. The summed E-state index contributed by atoms with van der Waals surface area (Å²) in [5.41, 5.74) is 0.940. The third-order valence-corrected chi connectivity index (χ3v) is 4.70. The second kappa shape index (κ2) is 5.22. The fourth-order valence-electron chi connectivity index (χ4n) is 3.27. The average molecular weight is 291 g/mol. The van der Waals surface area contributed by atoms with Gasteiger partial charge in [-0.25, -0.2) is 0 Å². The first kappa shape index (κ1) is 14.2. The maximum Gasteiger partial charge on any atom is 0.320 e. The van der Waals surface area contributed by atoms with Crippen LogP contribution in [0, 0.1) is 0 Å². The molecule has 21 heavy (non-hydrogen) atoms. The minimum absolute atomic E-state index is 0.231. The summed E-state index contributed by atoms with van der Waals surface area (Å²) in [4.78, 5) is 13.1. The van der Waals surface area contributed by atoms with Gasteiger partial charge in [-0.1, -0.05) is 0 Å². The molecule has 0 aromatic heterocycles. The van der Waals surface area contributed by atoms with E-state index in [9.17, 15) is 4.79 Å².